The van der Waals surface area contributed by atoms with Crippen LogP contribution in [-0.2, 0) is 9.53 Å². The van der Waals surface area contributed by atoms with Crippen molar-refractivity contribution < 1.29 is 13.9 Å². The Morgan fingerprint density at radius 1 is 1.33 bits per heavy atom. The topological polar surface area (TPSA) is 84.1 Å². The van der Waals surface area contributed by atoms with Crippen LogP contribution in [0.5, 0.6) is 0 Å². The normalized spacial score (nSPS) is 15.9. The van der Waals surface area contributed by atoms with Crippen LogP contribution in [0.25, 0.3) is 0 Å². The standard InChI is InChI=1S/C19H20FN3O3S/c1-4-9-27-19-22-16-15(17(24)23-19)14(11-5-7-12(20)8-6-11)13(10(2)21-16)18(25)26-3/h5-8,14H,4,9H2,1-3H3,(H2,21,22,23,24)/t14-/m0/s1. The molecule has 27 heavy (non-hydrogen) atoms. The van der Waals surface area contributed by atoms with E-state index >= 15 is 0 Å². The number of hydrogen-bond donors (Lipinski definition) is 2. The summed E-state index contributed by atoms with van der Waals surface area (Å²) in [6.45, 7) is 3.77. The molecule has 1 aliphatic rings. The zero-order valence-corrected chi connectivity index (χ0v) is 16.1. The van der Waals surface area contributed by atoms with Crippen LogP contribution in [0.1, 0.15) is 37.3 Å². The third kappa shape index (κ3) is 3.75. The molecule has 2 heterocycles. The van der Waals surface area contributed by atoms with Crippen LogP contribution in [0.15, 0.2) is 45.5 Å². The van der Waals surface area contributed by atoms with Crippen molar-refractivity contribution in [2.24, 2.45) is 0 Å². The van der Waals surface area contributed by atoms with Crippen molar-refractivity contribution in [3.63, 3.8) is 0 Å². The SMILES string of the molecule is CCCSc1nc2c(c(=O)[nH]1)[C@@H](c1ccc(F)cc1)C(C(=O)OC)=C(C)N2. The minimum atomic E-state index is -0.698. The molecule has 3 rings (SSSR count). The van der Waals surface area contributed by atoms with Gasteiger partial charge in [-0.25, -0.2) is 14.2 Å². The van der Waals surface area contributed by atoms with Crippen molar-refractivity contribution in [3.05, 3.63) is 62.8 Å². The summed E-state index contributed by atoms with van der Waals surface area (Å²) in [5.41, 5.74) is 1.44. The van der Waals surface area contributed by atoms with Crippen molar-refractivity contribution in [1.29, 1.82) is 0 Å². The fourth-order valence-electron chi connectivity index (χ4n) is 3.07. The molecule has 0 unspecified atom stereocenters. The number of rotatable bonds is 5. The van der Waals surface area contributed by atoms with E-state index in [2.05, 4.69) is 15.3 Å². The quantitative estimate of drug-likeness (QED) is 0.463. The minimum absolute atomic E-state index is 0.304. The zero-order chi connectivity index (χ0) is 19.6. The number of aromatic amines is 1. The van der Waals surface area contributed by atoms with Gasteiger partial charge < -0.3 is 15.0 Å². The van der Waals surface area contributed by atoms with Crippen LogP contribution < -0.4 is 10.9 Å². The Labute approximate surface area is 160 Å². The monoisotopic (exact) mass is 389 g/mol. The summed E-state index contributed by atoms with van der Waals surface area (Å²) >= 11 is 1.46. The predicted octanol–water partition coefficient (Wildman–Crippen LogP) is 3.42. The van der Waals surface area contributed by atoms with Gasteiger partial charge in [-0.15, -0.1) is 0 Å². The van der Waals surface area contributed by atoms with Crippen LogP contribution in [0.3, 0.4) is 0 Å². The average Bonchev–Trinajstić information content (AvgIpc) is 2.65. The lowest BCUT2D eigenvalue weighted by Gasteiger charge is -2.28. The molecule has 0 fully saturated rings. The van der Waals surface area contributed by atoms with Crippen molar-refractivity contribution in [2.75, 3.05) is 18.2 Å². The highest BCUT2D eigenvalue weighted by molar-refractivity contribution is 7.99. The Bertz CT molecular complexity index is 954. The number of aromatic nitrogens is 2. The molecule has 0 saturated carbocycles. The number of esters is 1. The Morgan fingerprint density at radius 2 is 2.04 bits per heavy atom. The molecule has 2 N–H and O–H groups in total. The molecule has 1 aromatic heterocycles. The van der Waals surface area contributed by atoms with Gasteiger partial charge in [-0.1, -0.05) is 30.8 Å². The molecule has 0 spiro atoms. The Morgan fingerprint density at radius 3 is 2.67 bits per heavy atom. The van der Waals surface area contributed by atoms with Crippen LogP contribution in [-0.4, -0.2) is 28.8 Å². The average molecular weight is 389 g/mol. The van der Waals surface area contributed by atoms with Crippen molar-refractivity contribution in [3.8, 4) is 0 Å². The molecule has 142 valence electrons. The molecular weight excluding hydrogens is 369 g/mol. The number of nitrogens with one attached hydrogen (secondary N) is 2. The number of allylic oxidation sites excluding steroid dienone is 1. The third-order valence-corrected chi connectivity index (χ3v) is 5.35. The van der Waals surface area contributed by atoms with Crippen LogP contribution >= 0.6 is 11.8 Å². The molecule has 0 aliphatic carbocycles. The molecule has 0 amide bonds. The number of carbonyl (C=O) groups excluding carboxylic acids is 1. The van der Waals surface area contributed by atoms with Crippen LogP contribution in [0.2, 0.25) is 0 Å². The van der Waals surface area contributed by atoms with Gasteiger partial charge in [0.25, 0.3) is 5.56 Å². The highest BCUT2D eigenvalue weighted by atomic mass is 32.2. The molecule has 6 nitrogen and oxygen atoms in total. The number of benzene rings is 1. The fraction of sp³-hybridized carbons (Fsp3) is 0.316. The summed E-state index contributed by atoms with van der Waals surface area (Å²) in [7, 11) is 1.28. The van der Waals surface area contributed by atoms with Crippen molar-refractivity contribution in [2.45, 2.75) is 31.3 Å². The van der Waals surface area contributed by atoms with E-state index < -0.39 is 17.7 Å². The van der Waals surface area contributed by atoms with E-state index in [1.807, 2.05) is 6.92 Å². The van der Waals surface area contributed by atoms with Crippen molar-refractivity contribution >= 4 is 23.5 Å². The summed E-state index contributed by atoms with van der Waals surface area (Å²) in [4.78, 5) is 32.6. The van der Waals surface area contributed by atoms with Gasteiger partial charge in [-0.05, 0) is 31.0 Å². The minimum Gasteiger partial charge on any atom is -0.466 e. The van der Waals surface area contributed by atoms with E-state index in [-0.39, 0.29) is 5.56 Å². The number of methoxy groups -OCH3 is 1. The van der Waals surface area contributed by atoms with E-state index in [1.54, 1.807) is 19.1 Å². The van der Waals surface area contributed by atoms with Crippen molar-refractivity contribution in [1.82, 2.24) is 9.97 Å². The number of anilines is 1. The van der Waals surface area contributed by atoms with E-state index in [4.69, 9.17) is 4.74 Å². The van der Waals surface area contributed by atoms with Gasteiger partial charge in [0.05, 0.1) is 24.2 Å². The number of halogens is 1. The van der Waals surface area contributed by atoms with Gasteiger partial charge in [0.2, 0.25) is 0 Å². The molecule has 2 aromatic rings. The highest BCUT2D eigenvalue weighted by Gasteiger charge is 2.36. The molecule has 1 aromatic carbocycles. The van der Waals surface area contributed by atoms with E-state index in [0.29, 0.717) is 33.4 Å². The number of H-pyrrole nitrogens is 1. The zero-order valence-electron chi connectivity index (χ0n) is 15.3. The van der Waals surface area contributed by atoms with Gasteiger partial charge >= 0.3 is 5.97 Å². The summed E-state index contributed by atoms with van der Waals surface area (Å²) in [5.74, 6) is -0.422. The van der Waals surface area contributed by atoms with Crippen LogP contribution in [0, 0.1) is 5.82 Å². The first-order chi connectivity index (χ1) is 13.0. The van der Waals surface area contributed by atoms with Gasteiger partial charge in [-0.3, -0.25) is 4.79 Å². The Hall–Kier alpha value is -2.61. The number of hydrogen-bond acceptors (Lipinski definition) is 6. The predicted molar refractivity (Wildman–Crippen MR) is 102 cm³/mol. The maximum atomic E-state index is 13.4. The second-order valence-corrected chi connectivity index (χ2v) is 7.21. The lowest BCUT2D eigenvalue weighted by molar-refractivity contribution is -0.136. The smallest absolute Gasteiger partial charge is 0.336 e. The molecule has 0 radical (unpaired) electrons. The van der Waals surface area contributed by atoms with Gasteiger partial charge in [0, 0.05) is 11.4 Å². The lowest BCUT2D eigenvalue weighted by atomic mass is 9.82. The summed E-state index contributed by atoms with van der Waals surface area (Å²) in [5, 5.41) is 3.57. The lowest BCUT2D eigenvalue weighted by Crippen LogP contribution is -2.31. The first kappa shape index (κ1) is 19.2. The number of fused-ring (bicyclic) bond motifs is 1. The molecule has 1 aliphatic heterocycles. The number of thioether (sulfide) groups is 1. The summed E-state index contributed by atoms with van der Waals surface area (Å²) < 4.78 is 18.3. The Balaban J connectivity index is 2.19. The molecule has 0 bridgehead atoms. The summed E-state index contributed by atoms with van der Waals surface area (Å²) in [6.07, 6.45) is 0.947. The second-order valence-electron chi connectivity index (χ2n) is 6.12. The van der Waals surface area contributed by atoms with E-state index in [1.165, 1.54) is 31.0 Å². The second kappa shape index (κ2) is 7.96. The first-order valence-electron chi connectivity index (χ1n) is 8.54. The third-order valence-electron chi connectivity index (χ3n) is 4.27. The van der Waals surface area contributed by atoms with E-state index in [9.17, 15) is 14.0 Å². The fourth-order valence-corrected chi connectivity index (χ4v) is 3.79. The van der Waals surface area contributed by atoms with Gasteiger partial charge in [0.15, 0.2) is 5.16 Å². The molecule has 1 atom stereocenters. The number of carbonyl (C=O) groups is 1. The Kier molecular flexibility index (Phi) is 5.65. The first-order valence-corrected chi connectivity index (χ1v) is 9.53. The van der Waals surface area contributed by atoms with Crippen LogP contribution in [0.4, 0.5) is 10.2 Å². The maximum absolute atomic E-state index is 13.4. The number of ether oxygens (including phenoxy) is 1. The molecule has 8 heteroatoms. The van der Waals surface area contributed by atoms with Gasteiger partial charge in [0.1, 0.15) is 11.6 Å². The highest BCUT2D eigenvalue weighted by Crippen LogP contribution is 2.40. The van der Waals surface area contributed by atoms with E-state index in [0.717, 1.165) is 12.2 Å². The largest absolute Gasteiger partial charge is 0.466 e. The van der Waals surface area contributed by atoms with Gasteiger partial charge in [-0.2, -0.15) is 0 Å². The summed E-state index contributed by atoms with van der Waals surface area (Å²) in [6, 6.07) is 5.72. The number of nitrogens with zero attached hydrogens (tertiary/aromatic N) is 1. The molecule has 0 saturated heterocycles. The molecular formula is C19H20FN3O3S. The maximum Gasteiger partial charge on any atom is 0.336 e.